The molecular formula is C36H35N5O3S. The zero-order valence-electron chi connectivity index (χ0n) is 25.6. The fraction of sp³-hybridized carbons (Fsp3) is 0.222. The first-order chi connectivity index (χ1) is 22.0. The predicted molar refractivity (Wildman–Crippen MR) is 181 cm³/mol. The van der Waals surface area contributed by atoms with E-state index < -0.39 is 0 Å². The molecule has 0 amide bonds. The molecule has 0 spiro atoms. The number of aryl methyl sites for hydroxylation is 1. The number of rotatable bonds is 12. The number of hydrogen-bond donors (Lipinski definition) is 0. The minimum atomic E-state index is -0.214. The molecule has 0 aliphatic carbocycles. The number of para-hydroxylation sites is 1. The van der Waals surface area contributed by atoms with Crippen LogP contribution in [0, 0.1) is 6.92 Å². The molecule has 6 rings (SSSR count). The Morgan fingerprint density at radius 2 is 1.64 bits per heavy atom. The highest BCUT2D eigenvalue weighted by Crippen LogP contribution is 2.30. The lowest BCUT2D eigenvalue weighted by atomic mass is 10.0. The molecule has 0 fully saturated rings. The first-order valence-corrected chi connectivity index (χ1v) is 16.0. The van der Waals surface area contributed by atoms with Gasteiger partial charge in [-0.1, -0.05) is 68.0 Å². The maximum Gasteiger partial charge on any atom is 0.291 e. The first kappa shape index (κ1) is 30.0. The summed E-state index contributed by atoms with van der Waals surface area (Å²) in [5.74, 6) is 2.16. The third-order valence-electron chi connectivity index (χ3n) is 7.25. The van der Waals surface area contributed by atoms with Crippen molar-refractivity contribution in [1.29, 1.82) is 0 Å². The molecule has 228 valence electrons. The summed E-state index contributed by atoms with van der Waals surface area (Å²) in [4.78, 5) is 18.6. The number of nitrogens with zero attached hydrogens (tertiary/aromatic N) is 5. The molecule has 0 saturated heterocycles. The lowest BCUT2D eigenvalue weighted by Gasteiger charge is -2.09. The largest absolute Gasteiger partial charge is 0.494 e. The van der Waals surface area contributed by atoms with E-state index in [-0.39, 0.29) is 5.56 Å². The molecule has 0 N–H and O–H groups in total. The van der Waals surface area contributed by atoms with Crippen molar-refractivity contribution in [3.05, 3.63) is 116 Å². The van der Waals surface area contributed by atoms with Gasteiger partial charge in [-0.2, -0.15) is 14.6 Å². The van der Waals surface area contributed by atoms with Gasteiger partial charge in [0.2, 0.25) is 4.96 Å². The Labute approximate surface area is 265 Å². The van der Waals surface area contributed by atoms with Gasteiger partial charge in [-0.05, 0) is 85.5 Å². The zero-order valence-corrected chi connectivity index (χ0v) is 26.5. The van der Waals surface area contributed by atoms with Crippen molar-refractivity contribution in [3.8, 4) is 28.4 Å². The van der Waals surface area contributed by atoms with Crippen LogP contribution in [-0.4, -0.2) is 37.6 Å². The number of benzene rings is 3. The van der Waals surface area contributed by atoms with Crippen LogP contribution < -0.4 is 19.6 Å². The fourth-order valence-corrected chi connectivity index (χ4v) is 5.77. The van der Waals surface area contributed by atoms with Crippen LogP contribution in [0.5, 0.6) is 11.5 Å². The number of fused-ring (bicyclic) bond motifs is 1. The average Bonchev–Trinajstić information content (AvgIpc) is 3.74. The number of thiazole rings is 1. The van der Waals surface area contributed by atoms with Crippen molar-refractivity contribution < 1.29 is 9.47 Å². The number of unbranched alkanes of at least 4 members (excludes halogenated alkanes) is 1. The summed E-state index contributed by atoms with van der Waals surface area (Å²) < 4.78 is 15.3. The van der Waals surface area contributed by atoms with E-state index in [1.807, 2.05) is 109 Å². The predicted octanol–water partition coefficient (Wildman–Crippen LogP) is 7.00. The van der Waals surface area contributed by atoms with Gasteiger partial charge in [0.1, 0.15) is 17.2 Å². The lowest BCUT2D eigenvalue weighted by Crippen LogP contribution is -2.23. The van der Waals surface area contributed by atoms with E-state index in [9.17, 15) is 4.79 Å². The molecule has 0 bridgehead atoms. The van der Waals surface area contributed by atoms with Crippen molar-refractivity contribution in [2.45, 2.75) is 40.0 Å². The number of hydrogen-bond acceptors (Lipinski definition) is 7. The highest BCUT2D eigenvalue weighted by molar-refractivity contribution is 7.15. The molecule has 0 radical (unpaired) electrons. The monoisotopic (exact) mass is 617 g/mol. The minimum Gasteiger partial charge on any atom is -0.494 e. The molecule has 0 aliphatic heterocycles. The van der Waals surface area contributed by atoms with Crippen LogP contribution in [-0.2, 0) is 0 Å². The molecule has 0 unspecified atom stereocenters. The van der Waals surface area contributed by atoms with Crippen molar-refractivity contribution >= 4 is 34.5 Å². The Bertz CT molecular complexity index is 2040. The lowest BCUT2D eigenvalue weighted by molar-refractivity contribution is 0.309. The van der Waals surface area contributed by atoms with Gasteiger partial charge in [-0.3, -0.25) is 4.79 Å². The van der Waals surface area contributed by atoms with Crippen LogP contribution in [0.4, 0.5) is 0 Å². The fourth-order valence-electron chi connectivity index (χ4n) is 4.87. The van der Waals surface area contributed by atoms with Gasteiger partial charge in [0, 0.05) is 17.3 Å². The summed E-state index contributed by atoms with van der Waals surface area (Å²) in [5.41, 5.74) is 5.33. The van der Waals surface area contributed by atoms with Crippen LogP contribution in [0.15, 0.2) is 83.8 Å². The summed E-state index contributed by atoms with van der Waals surface area (Å²) in [6.45, 7) is 7.66. The van der Waals surface area contributed by atoms with E-state index in [2.05, 4.69) is 23.9 Å². The summed E-state index contributed by atoms with van der Waals surface area (Å²) in [7, 11) is 0. The SMILES string of the molecule is CCCCOc1ccc(/C=C/c2nc3s/c(=C\c4cn(-c5ccccc5)nc4-c4ccc(OCCC)cc4C)c(=O)n3n2)cc1. The number of ether oxygens (including phenoxy) is 2. The van der Waals surface area contributed by atoms with E-state index in [0.717, 1.165) is 71.0 Å². The van der Waals surface area contributed by atoms with Gasteiger partial charge in [0.15, 0.2) is 5.82 Å². The molecule has 0 atom stereocenters. The Hall–Kier alpha value is -5.02. The molecule has 3 aromatic heterocycles. The Balaban J connectivity index is 1.31. The molecule has 6 aromatic rings. The van der Waals surface area contributed by atoms with Crippen LogP contribution >= 0.6 is 11.3 Å². The van der Waals surface area contributed by atoms with E-state index in [4.69, 9.17) is 14.6 Å². The minimum absolute atomic E-state index is 0.214. The van der Waals surface area contributed by atoms with E-state index >= 15 is 0 Å². The standard InChI is InChI=1S/C36H35N5O3S/c1-4-6-21-44-29-15-12-26(13-16-29)14-19-33-37-36-41(38-33)35(42)32(45-36)23-27-24-40(28-10-8-7-9-11-28)39-34(27)31-18-17-30(22-25(31)3)43-20-5-2/h7-19,22-24H,4-6,20-21H2,1-3H3/b19-14+,32-23-. The second kappa shape index (κ2) is 13.7. The smallest absolute Gasteiger partial charge is 0.291 e. The third-order valence-corrected chi connectivity index (χ3v) is 8.20. The number of aromatic nitrogens is 5. The highest BCUT2D eigenvalue weighted by Gasteiger charge is 2.16. The van der Waals surface area contributed by atoms with Crippen LogP contribution in [0.3, 0.4) is 0 Å². The third kappa shape index (κ3) is 6.89. The van der Waals surface area contributed by atoms with E-state index in [0.29, 0.717) is 21.9 Å². The van der Waals surface area contributed by atoms with Gasteiger partial charge in [0.05, 0.1) is 23.4 Å². The molecule has 9 heteroatoms. The first-order valence-electron chi connectivity index (χ1n) is 15.2. The van der Waals surface area contributed by atoms with Gasteiger partial charge in [0.25, 0.3) is 5.56 Å². The molecule has 8 nitrogen and oxygen atoms in total. The summed E-state index contributed by atoms with van der Waals surface area (Å²) in [6, 6.07) is 23.8. The normalized spacial score (nSPS) is 12.0. The quantitative estimate of drug-likeness (QED) is 0.138. The summed E-state index contributed by atoms with van der Waals surface area (Å²) in [5, 5.41) is 9.43. The molecule has 3 aromatic carbocycles. The van der Waals surface area contributed by atoms with Crippen molar-refractivity contribution in [2.75, 3.05) is 13.2 Å². The van der Waals surface area contributed by atoms with Crippen molar-refractivity contribution in [3.63, 3.8) is 0 Å². The molecule has 0 aliphatic rings. The van der Waals surface area contributed by atoms with Crippen LogP contribution in [0.2, 0.25) is 0 Å². The topological polar surface area (TPSA) is 83.5 Å². The summed E-state index contributed by atoms with van der Waals surface area (Å²) in [6.07, 6.45) is 10.7. The van der Waals surface area contributed by atoms with Gasteiger partial charge in [-0.25, -0.2) is 4.68 Å². The molecule has 45 heavy (non-hydrogen) atoms. The zero-order chi connectivity index (χ0) is 31.2. The second-order valence-corrected chi connectivity index (χ2v) is 11.7. The maximum atomic E-state index is 13.5. The Morgan fingerprint density at radius 1 is 0.867 bits per heavy atom. The van der Waals surface area contributed by atoms with Gasteiger partial charge >= 0.3 is 0 Å². The van der Waals surface area contributed by atoms with E-state index in [1.165, 1.54) is 15.9 Å². The van der Waals surface area contributed by atoms with Gasteiger partial charge < -0.3 is 9.47 Å². The highest BCUT2D eigenvalue weighted by atomic mass is 32.1. The van der Waals surface area contributed by atoms with E-state index in [1.54, 1.807) is 0 Å². The average molecular weight is 618 g/mol. The van der Waals surface area contributed by atoms with Crippen LogP contribution in [0.25, 0.3) is 40.1 Å². The molecule has 3 heterocycles. The molecule has 0 saturated carbocycles. The second-order valence-electron chi connectivity index (χ2n) is 10.7. The molecular weight excluding hydrogens is 582 g/mol. The van der Waals surface area contributed by atoms with Gasteiger partial charge in [-0.15, -0.1) is 5.10 Å². The Kier molecular flexibility index (Phi) is 9.17. The van der Waals surface area contributed by atoms with Crippen LogP contribution in [0.1, 0.15) is 55.6 Å². The van der Waals surface area contributed by atoms with Crippen molar-refractivity contribution in [1.82, 2.24) is 24.4 Å². The van der Waals surface area contributed by atoms with Crippen molar-refractivity contribution in [2.24, 2.45) is 0 Å². The maximum absolute atomic E-state index is 13.5. The Morgan fingerprint density at radius 3 is 2.38 bits per heavy atom. The summed E-state index contributed by atoms with van der Waals surface area (Å²) >= 11 is 1.31.